The Morgan fingerprint density at radius 2 is 1.58 bits per heavy atom. The summed E-state index contributed by atoms with van der Waals surface area (Å²) in [5.74, 6) is 2.99. The average Bonchev–Trinajstić information content (AvgIpc) is 2.87. The van der Waals surface area contributed by atoms with E-state index in [0.717, 1.165) is 11.5 Å². The average molecular weight is 260 g/mol. The molecule has 2 nitrogen and oxygen atoms in total. The second-order valence-corrected chi connectivity index (χ2v) is 5.43. The number of benzene rings is 1. The maximum Gasteiger partial charge on any atom is 0.598 e. The van der Waals surface area contributed by atoms with Crippen LogP contribution in [0, 0.1) is 5.92 Å². The van der Waals surface area contributed by atoms with Crippen molar-refractivity contribution in [3.63, 3.8) is 0 Å². The Labute approximate surface area is 117 Å². The van der Waals surface area contributed by atoms with E-state index in [2.05, 4.69) is 20.8 Å². The lowest BCUT2D eigenvalue weighted by atomic mass is 9.61. The van der Waals surface area contributed by atoms with E-state index in [-0.39, 0.29) is 7.12 Å². The van der Waals surface area contributed by atoms with E-state index in [1.165, 1.54) is 32.1 Å². The van der Waals surface area contributed by atoms with Crippen LogP contribution in [0.4, 0.5) is 0 Å². The van der Waals surface area contributed by atoms with Crippen molar-refractivity contribution >= 4 is 7.12 Å². The third-order valence-electron chi connectivity index (χ3n) is 4.23. The largest absolute Gasteiger partial charge is 0.598 e. The maximum absolute atomic E-state index is 6.03. The SMILES string of the molecule is CCCCC(B1Oc2ccccc2O1)C(CC)CC. The molecule has 0 saturated carbocycles. The number of hydrogen-bond donors (Lipinski definition) is 0. The number of para-hydroxylation sites is 2. The highest BCUT2D eigenvalue weighted by Gasteiger charge is 2.42. The topological polar surface area (TPSA) is 18.5 Å². The van der Waals surface area contributed by atoms with Gasteiger partial charge in [0.15, 0.2) is 0 Å². The summed E-state index contributed by atoms with van der Waals surface area (Å²) in [5.41, 5.74) is 0. The van der Waals surface area contributed by atoms with E-state index in [1.807, 2.05) is 24.3 Å². The first-order valence-electron chi connectivity index (χ1n) is 7.72. The monoisotopic (exact) mass is 260 g/mol. The molecule has 0 spiro atoms. The third kappa shape index (κ3) is 3.26. The van der Waals surface area contributed by atoms with Gasteiger partial charge in [0.25, 0.3) is 0 Å². The normalized spacial score (nSPS) is 15.1. The van der Waals surface area contributed by atoms with E-state index in [4.69, 9.17) is 9.31 Å². The van der Waals surface area contributed by atoms with Crippen molar-refractivity contribution in [2.75, 3.05) is 0 Å². The molecule has 0 saturated heterocycles. The van der Waals surface area contributed by atoms with Gasteiger partial charge in [-0.15, -0.1) is 0 Å². The lowest BCUT2D eigenvalue weighted by molar-refractivity contribution is 0.363. The minimum Gasteiger partial charge on any atom is -0.523 e. The van der Waals surface area contributed by atoms with Crippen molar-refractivity contribution in [3.8, 4) is 11.5 Å². The van der Waals surface area contributed by atoms with Crippen LogP contribution in [0.1, 0.15) is 52.9 Å². The van der Waals surface area contributed by atoms with Crippen molar-refractivity contribution in [2.45, 2.75) is 58.7 Å². The van der Waals surface area contributed by atoms with Crippen LogP contribution in [0.15, 0.2) is 24.3 Å². The van der Waals surface area contributed by atoms with Crippen molar-refractivity contribution in [2.24, 2.45) is 5.92 Å². The Bertz CT molecular complexity index is 365. The van der Waals surface area contributed by atoms with Crippen molar-refractivity contribution in [1.29, 1.82) is 0 Å². The summed E-state index contributed by atoms with van der Waals surface area (Å²) in [6, 6.07) is 8.00. The molecule has 0 radical (unpaired) electrons. The Morgan fingerprint density at radius 1 is 1.00 bits per heavy atom. The Kier molecular flexibility index (Phi) is 5.18. The van der Waals surface area contributed by atoms with E-state index in [9.17, 15) is 0 Å². The van der Waals surface area contributed by atoms with E-state index in [1.54, 1.807) is 0 Å². The van der Waals surface area contributed by atoms with Gasteiger partial charge in [0.1, 0.15) is 11.5 Å². The van der Waals surface area contributed by atoms with E-state index in [0.29, 0.717) is 11.7 Å². The molecule has 1 unspecified atom stereocenters. The lowest BCUT2D eigenvalue weighted by Crippen LogP contribution is -2.35. The van der Waals surface area contributed by atoms with Gasteiger partial charge in [0.2, 0.25) is 0 Å². The van der Waals surface area contributed by atoms with Crippen LogP contribution in [-0.4, -0.2) is 7.12 Å². The molecule has 1 atom stereocenters. The number of rotatable bonds is 7. The number of fused-ring (bicyclic) bond motifs is 1. The van der Waals surface area contributed by atoms with Gasteiger partial charge in [-0.25, -0.2) is 0 Å². The van der Waals surface area contributed by atoms with Gasteiger partial charge in [0.05, 0.1) is 0 Å². The second kappa shape index (κ2) is 6.88. The minimum atomic E-state index is -0.0890. The Balaban J connectivity index is 2.08. The summed E-state index contributed by atoms with van der Waals surface area (Å²) in [7, 11) is -0.0890. The van der Waals surface area contributed by atoms with Gasteiger partial charge in [0, 0.05) is 5.82 Å². The summed E-state index contributed by atoms with van der Waals surface area (Å²) >= 11 is 0. The quantitative estimate of drug-likeness (QED) is 0.646. The molecular weight excluding hydrogens is 235 g/mol. The van der Waals surface area contributed by atoms with Crippen molar-refractivity contribution in [1.82, 2.24) is 0 Å². The summed E-state index contributed by atoms with van der Waals surface area (Å²) in [6.07, 6.45) is 6.08. The highest BCUT2D eigenvalue weighted by molar-refractivity contribution is 6.49. The molecule has 0 amide bonds. The van der Waals surface area contributed by atoms with E-state index < -0.39 is 0 Å². The summed E-state index contributed by atoms with van der Waals surface area (Å²) < 4.78 is 12.1. The van der Waals surface area contributed by atoms with Crippen molar-refractivity contribution < 1.29 is 9.31 Å². The van der Waals surface area contributed by atoms with Crippen molar-refractivity contribution in [3.05, 3.63) is 24.3 Å². The highest BCUT2D eigenvalue weighted by atomic mass is 16.6. The van der Waals surface area contributed by atoms with Gasteiger partial charge < -0.3 is 9.31 Å². The maximum atomic E-state index is 6.03. The molecular formula is C16H25BO2. The molecule has 0 N–H and O–H groups in total. The van der Waals surface area contributed by atoms with Gasteiger partial charge in [-0.1, -0.05) is 58.6 Å². The molecule has 104 valence electrons. The van der Waals surface area contributed by atoms with Crippen LogP contribution < -0.4 is 9.31 Å². The highest BCUT2D eigenvalue weighted by Crippen LogP contribution is 2.41. The zero-order valence-corrected chi connectivity index (χ0v) is 12.4. The van der Waals surface area contributed by atoms with Gasteiger partial charge in [-0.3, -0.25) is 0 Å². The number of unbranched alkanes of at least 4 members (excludes halogenated alkanes) is 1. The Hall–Kier alpha value is -1.12. The zero-order valence-electron chi connectivity index (χ0n) is 12.4. The van der Waals surface area contributed by atoms with Crippen LogP contribution >= 0.6 is 0 Å². The fraction of sp³-hybridized carbons (Fsp3) is 0.625. The lowest BCUT2D eigenvalue weighted by Gasteiger charge is -2.25. The molecule has 2 rings (SSSR count). The van der Waals surface area contributed by atoms with Gasteiger partial charge >= 0.3 is 7.12 Å². The summed E-state index contributed by atoms with van der Waals surface area (Å²) in [6.45, 7) is 6.79. The third-order valence-corrected chi connectivity index (χ3v) is 4.23. The first kappa shape index (κ1) is 14.3. The van der Waals surface area contributed by atoms with Crippen LogP contribution in [0.2, 0.25) is 5.82 Å². The predicted molar refractivity (Wildman–Crippen MR) is 80.8 cm³/mol. The molecule has 1 aliphatic heterocycles. The molecule has 1 aliphatic rings. The zero-order chi connectivity index (χ0) is 13.7. The molecule has 0 fully saturated rings. The summed E-state index contributed by atoms with van der Waals surface area (Å²) in [5, 5.41) is 0. The summed E-state index contributed by atoms with van der Waals surface area (Å²) in [4.78, 5) is 0. The molecule has 0 bridgehead atoms. The molecule has 3 heteroatoms. The van der Waals surface area contributed by atoms with Gasteiger partial charge in [-0.05, 0) is 24.5 Å². The Morgan fingerprint density at radius 3 is 2.05 bits per heavy atom. The molecule has 0 aromatic heterocycles. The fourth-order valence-electron chi connectivity index (χ4n) is 3.02. The first-order chi connectivity index (χ1) is 9.30. The molecule has 0 aliphatic carbocycles. The minimum absolute atomic E-state index is 0.0890. The first-order valence-corrected chi connectivity index (χ1v) is 7.72. The molecule has 1 aromatic rings. The second-order valence-electron chi connectivity index (χ2n) is 5.43. The van der Waals surface area contributed by atoms with Crippen LogP contribution in [0.3, 0.4) is 0 Å². The number of hydrogen-bond acceptors (Lipinski definition) is 2. The van der Waals surface area contributed by atoms with E-state index >= 15 is 0 Å². The molecule has 1 heterocycles. The standard InChI is InChI=1S/C16H25BO2/c1-4-7-10-14(13(5-2)6-3)17-18-15-11-8-9-12-16(15)19-17/h8-9,11-14H,4-7,10H2,1-3H3. The molecule has 19 heavy (non-hydrogen) atoms. The van der Waals surface area contributed by atoms with Crippen LogP contribution in [0.25, 0.3) is 0 Å². The predicted octanol–water partition coefficient (Wildman–Crippen LogP) is 4.94. The smallest absolute Gasteiger partial charge is 0.523 e. The molecule has 1 aromatic carbocycles. The van der Waals surface area contributed by atoms with Gasteiger partial charge in [-0.2, -0.15) is 0 Å². The fourth-order valence-corrected chi connectivity index (χ4v) is 3.02. The van der Waals surface area contributed by atoms with Crippen LogP contribution in [0.5, 0.6) is 11.5 Å². The van der Waals surface area contributed by atoms with Crippen LogP contribution in [-0.2, 0) is 0 Å².